The van der Waals surface area contributed by atoms with E-state index in [4.69, 9.17) is 9.84 Å². The van der Waals surface area contributed by atoms with Crippen molar-refractivity contribution in [2.45, 2.75) is 40.2 Å². The van der Waals surface area contributed by atoms with Gasteiger partial charge in [-0.05, 0) is 12.8 Å². The molecular formula is C11H20O3. The summed E-state index contributed by atoms with van der Waals surface area (Å²) in [6.45, 7) is 10.6. The van der Waals surface area contributed by atoms with Crippen molar-refractivity contribution in [3.63, 3.8) is 0 Å². The summed E-state index contributed by atoms with van der Waals surface area (Å²) in [4.78, 5) is 11.0. The molecule has 1 N–H and O–H groups in total. The van der Waals surface area contributed by atoms with E-state index >= 15 is 0 Å². The lowest BCUT2D eigenvalue weighted by Gasteiger charge is -2.17. The van der Waals surface area contributed by atoms with Crippen LogP contribution in [0.25, 0.3) is 0 Å². The third-order valence-corrected chi connectivity index (χ3v) is 3.43. The van der Waals surface area contributed by atoms with Crippen molar-refractivity contribution in [1.29, 1.82) is 0 Å². The molecule has 0 radical (unpaired) electrons. The maximum absolute atomic E-state index is 11.0. The Hall–Kier alpha value is -0.570. The summed E-state index contributed by atoms with van der Waals surface area (Å²) < 4.78 is 5.71. The van der Waals surface area contributed by atoms with Crippen LogP contribution in [0.2, 0.25) is 0 Å². The monoisotopic (exact) mass is 200 g/mol. The number of carbonyl (C=O) groups is 1. The van der Waals surface area contributed by atoms with Crippen LogP contribution in [0, 0.1) is 17.3 Å². The van der Waals surface area contributed by atoms with Crippen molar-refractivity contribution in [2.75, 3.05) is 6.61 Å². The minimum absolute atomic E-state index is 0.242. The smallest absolute Gasteiger partial charge is 0.310 e. The lowest BCUT2D eigenvalue weighted by atomic mass is 10.1. The van der Waals surface area contributed by atoms with E-state index in [0.717, 1.165) is 0 Å². The Morgan fingerprint density at radius 1 is 1.43 bits per heavy atom. The van der Waals surface area contributed by atoms with Crippen molar-refractivity contribution < 1.29 is 14.6 Å². The number of aliphatic carboxylic acids is 1. The van der Waals surface area contributed by atoms with E-state index in [1.807, 2.05) is 20.8 Å². The van der Waals surface area contributed by atoms with Crippen LogP contribution in [0.3, 0.4) is 0 Å². The van der Waals surface area contributed by atoms with Gasteiger partial charge in [0.05, 0.1) is 11.5 Å². The fraction of sp³-hybridized carbons (Fsp3) is 0.909. The van der Waals surface area contributed by atoms with Gasteiger partial charge < -0.3 is 9.84 Å². The zero-order valence-corrected chi connectivity index (χ0v) is 9.63. The number of carboxylic acids is 1. The van der Waals surface area contributed by atoms with Crippen LogP contribution in [0.15, 0.2) is 0 Å². The maximum Gasteiger partial charge on any atom is 0.310 e. The molecule has 0 heterocycles. The summed E-state index contributed by atoms with van der Waals surface area (Å²) in [6, 6.07) is 0. The first-order chi connectivity index (χ1) is 6.23. The van der Waals surface area contributed by atoms with Crippen molar-refractivity contribution >= 4 is 5.97 Å². The summed E-state index contributed by atoms with van der Waals surface area (Å²) >= 11 is 0. The maximum atomic E-state index is 11.0. The SMILES string of the molecule is CC(C)COC1(C)C(C(=O)O)C1(C)C. The summed E-state index contributed by atoms with van der Waals surface area (Å²) in [6.07, 6.45) is 0. The Bertz CT molecular complexity index is 245. The lowest BCUT2D eigenvalue weighted by Crippen LogP contribution is -2.21. The highest BCUT2D eigenvalue weighted by atomic mass is 16.5. The van der Waals surface area contributed by atoms with E-state index < -0.39 is 11.6 Å². The second kappa shape index (κ2) is 3.23. The topological polar surface area (TPSA) is 46.5 Å². The van der Waals surface area contributed by atoms with Gasteiger partial charge in [0.15, 0.2) is 0 Å². The fourth-order valence-corrected chi connectivity index (χ4v) is 2.09. The van der Waals surface area contributed by atoms with E-state index in [9.17, 15) is 4.79 Å². The van der Waals surface area contributed by atoms with E-state index in [0.29, 0.717) is 12.5 Å². The quantitative estimate of drug-likeness (QED) is 0.756. The second-order valence-corrected chi connectivity index (χ2v) is 5.30. The molecule has 0 aromatic rings. The molecule has 82 valence electrons. The molecule has 2 unspecified atom stereocenters. The molecule has 0 aromatic carbocycles. The molecule has 0 spiro atoms. The van der Waals surface area contributed by atoms with Gasteiger partial charge in [-0.15, -0.1) is 0 Å². The molecule has 1 aliphatic rings. The Labute approximate surface area is 85.5 Å². The Morgan fingerprint density at radius 2 is 1.93 bits per heavy atom. The van der Waals surface area contributed by atoms with E-state index in [1.54, 1.807) is 0 Å². The van der Waals surface area contributed by atoms with Crippen LogP contribution in [-0.4, -0.2) is 23.3 Å². The molecule has 3 heteroatoms. The average Bonchev–Trinajstić information content (AvgIpc) is 2.43. The van der Waals surface area contributed by atoms with Gasteiger partial charge in [0.2, 0.25) is 0 Å². The van der Waals surface area contributed by atoms with Gasteiger partial charge in [-0.25, -0.2) is 0 Å². The molecule has 1 fully saturated rings. The van der Waals surface area contributed by atoms with Gasteiger partial charge >= 0.3 is 5.97 Å². The van der Waals surface area contributed by atoms with Crippen LogP contribution >= 0.6 is 0 Å². The molecule has 1 aliphatic carbocycles. The highest BCUT2D eigenvalue weighted by molar-refractivity contribution is 5.77. The van der Waals surface area contributed by atoms with Crippen LogP contribution in [0.1, 0.15) is 34.6 Å². The normalized spacial score (nSPS) is 34.6. The molecule has 0 aromatic heterocycles. The number of carboxylic acid groups (broad SMARTS) is 1. The Balaban J connectivity index is 2.64. The third kappa shape index (κ3) is 1.54. The van der Waals surface area contributed by atoms with Gasteiger partial charge in [0.25, 0.3) is 0 Å². The third-order valence-electron chi connectivity index (χ3n) is 3.43. The molecule has 1 saturated carbocycles. The molecule has 1 rings (SSSR count). The Morgan fingerprint density at radius 3 is 2.21 bits per heavy atom. The van der Waals surface area contributed by atoms with E-state index in [1.165, 1.54) is 0 Å². The Kier molecular flexibility index (Phi) is 2.65. The van der Waals surface area contributed by atoms with Crippen molar-refractivity contribution in [1.82, 2.24) is 0 Å². The first kappa shape index (κ1) is 11.5. The van der Waals surface area contributed by atoms with Crippen molar-refractivity contribution in [3.8, 4) is 0 Å². The molecule has 3 nitrogen and oxygen atoms in total. The van der Waals surface area contributed by atoms with Gasteiger partial charge in [-0.1, -0.05) is 27.7 Å². The van der Waals surface area contributed by atoms with Crippen LogP contribution < -0.4 is 0 Å². The zero-order chi connectivity index (χ0) is 11.1. The summed E-state index contributed by atoms with van der Waals surface area (Å²) in [7, 11) is 0. The first-order valence-electron chi connectivity index (χ1n) is 5.10. The number of hydrogen-bond donors (Lipinski definition) is 1. The molecule has 0 amide bonds. The van der Waals surface area contributed by atoms with Crippen LogP contribution in [-0.2, 0) is 9.53 Å². The highest BCUT2D eigenvalue weighted by Crippen LogP contribution is 2.63. The number of ether oxygens (including phenoxy) is 1. The van der Waals surface area contributed by atoms with Crippen LogP contribution in [0.4, 0.5) is 0 Å². The standard InChI is InChI=1S/C11H20O3/c1-7(2)6-14-11(5)8(9(12)13)10(11,3)4/h7-8H,6H2,1-5H3,(H,12,13). The van der Waals surface area contributed by atoms with Gasteiger partial charge in [0.1, 0.15) is 0 Å². The fourth-order valence-electron chi connectivity index (χ4n) is 2.09. The minimum Gasteiger partial charge on any atom is -0.481 e. The first-order valence-corrected chi connectivity index (χ1v) is 5.10. The summed E-state index contributed by atoms with van der Waals surface area (Å²) in [5, 5.41) is 9.01. The second-order valence-electron chi connectivity index (χ2n) is 5.30. The predicted octanol–water partition coefficient (Wildman–Crippen LogP) is 2.16. The molecule has 0 saturated heterocycles. The molecule has 0 aliphatic heterocycles. The minimum atomic E-state index is -0.749. The van der Waals surface area contributed by atoms with Crippen molar-refractivity contribution in [2.24, 2.45) is 17.3 Å². The van der Waals surface area contributed by atoms with Gasteiger partial charge in [0, 0.05) is 12.0 Å². The lowest BCUT2D eigenvalue weighted by molar-refractivity contribution is -0.141. The van der Waals surface area contributed by atoms with Crippen molar-refractivity contribution in [3.05, 3.63) is 0 Å². The van der Waals surface area contributed by atoms with Gasteiger partial charge in [-0.3, -0.25) is 4.79 Å². The van der Waals surface area contributed by atoms with E-state index in [-0.39, 0.29) is 11.3 Å². The van der Waals surface area contributed by atoms with Gasteiger partial charge in [-0.2, -0.15) is 0 Å². The molecular weight excluding hydrogens is 180 g/mol. The molecule has 0 bridgehead atoms. The number of hydrogen-bond acceptors (Lipinski definition) is 2. The molecule has 2 atom stereocenters. The highest BCUT2D eigenvalue weighted by Gasteiger charge is 2.73. The van der Waals surface area contributed by atoms with E-state index in [2.05, 4.69) is 13.8 Å². The van der Waals surface area contributed by atoms with Crippen LogP contribution in [0.5, 0.6) is 0 Å². The predicted molar refractivity (Wildman–Crippen MR) is 54.1 cm³/mol. The zero-order valence-electron chi connectivity index (χ0n) is 9.63. The largest absolute Gasteiger partial charge is 0.481 e. The average molecular weight is 200 g/mol. The molecule has 14 heavy (non-hydrogen) atoms. The summed E-state index contributed by atoms with van der Waals surface area (Å²) in [5.41, 5.74) is -0.725. The summed E-state index contributed by atoms with van der Waals surface area (Å²) in [5.74, 6) is -0.673. The number of rotatable bonds is 4.